The highest BCUT2D eigenvalue weighted by atomic mass is 35.5. The molecule has 0 saturated heterocycles. The molecule has 0 aliphatic carbocycles. The largest absolute Gasteiger partial charge is 0.342 e. The summed E-state index contributed by atoms with van der Waals surface area (Å²) in [5.74, 6) is -0.217. The molecule has 4 aromatic rings. The molecule has 1 N–H and O–H groups in total. The first-order chi connectivity index (χ1) is 13.6. The second kappa shape index (κ2) is 8.19. The quantitative estimate of drug-likeness (QED) is 0.316. The minimum atomic E-state index is -0.217. The number of carbonyl (C=O) groups is 1. The van der Waals surface area contributed by atoms with Gasteiger partial charge in [0.05, 0.1) is 21.1 Å². The molecular weight excluding hydrogens is 413 g/mol. The number of hydrogen-bond donors (Lipinski definition) is 1. The molecule has 7 heteroatoms. The van der Waals surface area contributed by atoms with E-state index >= 15 is 0 Å². The van der Waals surface area contributed by atoms with Gasteiger partial charge in [-0.25, -0.2) is 5.43 Å². The number of thiophene rings is 1. The third-order valence-corrected chi connectivity index (χ3v) is 5.88. The number of halogens is 2. The summed E-state index contributed by atoms with van der Waals surface area (Å²) >= 11 is 13.5. The number of fused-ring (bicyclic) bond motifs is 1. The van der Waals surface area contributed by atoms with Gasteiger partial charge in [-0.05, 0) is 35.2 Å². The zero-order valence-corrected chi connectivity index (χ0v) is 16.9. The van der Waals surface area contributed by atoms with Crippen LogP contribution in [0.5, 0.6) is 0 Å². The Labute approximate surface area is 176 Å². The van der Waals surface area contributed by atoms with Gasteiger partial charge in [-0.15, -0.1) is 11.3 Å². The van der Waals surface area contributed by atoms with Crippen LogP contribution in [-0.4, -0.2) is 16.7 Å². The molecule has 4 nitrogen and oxygen atoms in total. The summed E-state index contributed by atoms with van der Waals surface area (Å²) in [4.78, 5) is 12.6. The van der Waals surface area contributed by atoms with Crippen molar-refractivity contribution in [3.63, 3.8) is 0 Å². The molecular formula is C21H15Cl2N3OS. The lowest BCUT2D eigenvalue weighted by Crippen LogP contribution is -2.16. The molecule has 0 aliphatic heterocycles. The Kier molecular flexibility index (Phi) is 5.48. The van der Waals surface area contributed by atoms with E-state index in [1.165, 1.54) is 11.3 Å². The molecule has 0 saturated carbocycles. The fourth-order valence-corrected chi connectivity index (χ4v) is 3.90. The third-order valence-electron chi connectivity index (χ3n) is 4.27. The van der Waals surface area contributed by atoms with E-state index in [1.54, 1.807) is 18.3 Å². The number of benzene rings is 2. The summed E-state index contributed by atoms with van der Waals surface area (Å²) in [6.45, 7) is 0.646. The van der Waals surface area contributed by atoms with Crippen LogP contribution in [0.4, 0.5) is 0 Å². The van der Waals surface area contributed by atoms with Crippen LogP contribution < -0.4 is 5.43 Å². The number of nitrogens with one attached hydrogen (secondary N) is 1. The molecule has 4 rings (SSSR count). The highest BCUT2D eigenvalue weighted by Crippen LogP contribution is 2.25. The number of hydrazone groups is 1. The number of amides is 1. The maximum Gasteiger partial charge on any atom is 0.281 e. The normalized spacial score (nSPS) is 11.4. The maximum absolute atomic E-state index is 12.0. The van der Waals surface area contributed by atoms with E-state index in [9.17, 15) is 4.79 Å². The zero-order chi connectivity index (χ0) is 19.5. The van der Waals surface area contributed by atoms with Crippen LogP contribution in [0.25, 0.3) is 10.9 Å². The van der Waals surface area contributed by atoms with Crippen molar-refractivity contribution in [2.24, 2.45) is 5.10 Å². The average molecular weight is 428 g/mol. The van der Waals surface area contributed by atoms with E-state index < -0.39 is 0 Å². The molecule has 140 valence electrons. The number of nitrogens with zero attached hydrogens (tertiary/aromatic N) is 2. The molecule has 1 amide bonds. The Morgan fingerprint density at radius 2 is 1.96 bits per heavy atom. The topological polar surface area (TPSA) is 46.4 Å². The van der Waals surface area contributed by atoms with Crippen molar-refractivity contribution in [1.82, 2.24) is 9.99 Å². The lowest BCUT2D eigenvalue weighted by atomic mass is 10.2. The van der Waals surface area contributed by atoms with Gasteiger partial charge in [-0.2, -0.15) is 5.10 Å². The highest BCUT2D eigenvalue weighted by molar-refractivity contribution is 7.12. The van der Waals surface area contributed by atoms with Gasteiger partial charge in [-0.1, -0.05) is 53.5 Å². The number of carbonyl (C=O) groups excluding carboxylic acids is 1. The van der Waals surface area contributed by atoms with Crippen molar-refractivity contribution in [3.8, 4) is 0 Å². The lowest BCUT2D eigenvalue weighted by Gasteiger charge is -2.06. The van der Waals surface area contributed by atoms with E-state index in [1.807, 2.05) is 48.0 Å². The summed E-state index contributed by atoms with van der Waals surface area (Å²) in [6, 6.07) is 17.3. The van der Waals surface area contributed by atoms with Crippen molar-refractivity contribution in [3.05, 3.63) is 92.2 Å². The van der Waals surface area contributed by atoms with Gasteiger partial charge in [0.2, 0.25) is 0 Å². The lowest BCUT2D eigenvalue weighted by molar-refractivity contribution is 0.0959. The van der Waals surface area contributed by atoms with Gasteiger partial charge in [0.15, 0.2) is 0 Å². The molecule has 0 radical (unpaired) electrons. The van der Waals surface area contributed by atoms with Crippen LogP contribution in [0.15, 0.2) is 71.3 Å². The van der Waals surface area contributed by atoms with Crippen LogP contribution >= 0.6 is 34.5 Å². The van der Waals surface area contributed by atoms with Gasteiger partial charge < -0.3 is 4.57 Å². The van der Waals surface area contributed by atoms with Crippen molar-refractivity contribution in [1.29, 1.82) is 0 Å². The summed E-state index contributed by atoms with van der Waals surface area (Å²) in [7, 11) is 0. The van der Waals surface area contributed by atoms with E-state index in [4.69, 9.17) is 23.2 Å². The first-order valence-electron chi connectivity index (χ1n) is 8.50. The second-order valence-corrected chi connectivity index (χ2v) is 7.92. The van der Waals surface area contributed by atoms with E-state index in [0.29, 0.717) is 21.5 Å². The molecule has 0 bridgehead atoms. The molecule has 0 fully saturated rings. The smallest absolute Gasteiger partial charge is 0.281 e. The minimum Gasteiger partial charge on any atom is -0.342 e. The number of rotatable bonds is 5. The monoisotopic (exact) mass is 427 g/mol. The predicted octanol–water partition coefficient (Wildman–Crippen LogP) is 5.82. The average Bonchev–Trinajstić information content (AvgIpc) is 3.34. The predicted molar refractivity (Wildman–Crippen MR) is 117 cm³/mol. The Morgan fingerprint density at radius 1 is 1.11 bits per heavy atom. The van der Waals surface area contributed by atoms with Crippen LogP contribution in [0, 0.1) is 0 Å². The molecule has 28 heavy (non-hydrogen) atoms. The first kappa shape index (κ1) is 18.7. The molecule has 2 heterocycles. The maximum atomic E-state index is 12.0. The van der Waals surface area contributed by atoms with E-state index in [2.05, 4.69) is 21.2 Å². The van der Waals surface area contributed by atoms with Crippen molar-refractivity contribution >= 4 is 57.6 Å². The Morgan fingerprint density at radius 3 is 2.75 bits per heavy atom. The van der Waals surface area contributed by atoms with Gasteiger partial charge in [0.1, 0.15) is 0 Å². The summed E-state index contributed by atoms with van der Waals surface area (Å²) in [6.07, 6.45) is 3.67. The Hall–Kier alpha value is -2.60. The molecule has 0 atom stereocenters. The van der Waals surface area contributed by atoms with Crippen molar-refractivity contribution < 1.29 is 4.79 Å². The summed E-state index contributed by atoms with van der Waals surface area (Å²) in [5.41, 5.74) is 5.60. The Bertz CT molecular complexity index is 1170. The number of para-hydroxylation sites is 1. The Balaban J connectivity index is 1.60. The van der Waals surface area contributed by atoms with Crippen LogP contribution in [0.1, 0.15) is 20.8 Å². The molecule has 2 aromatic heterocycles. The molecule has 0 unspecified atom stereocenters. The van der Waals surface area contributed by atoms with Crippen molar-refractivity contribution in [2.75, 3.05) is 0 Å². The number of hydrogen-bond acceptors (Lipinski definition) is 3. The van der Waals surface area contributed by atoms with Crippen molar-refractivity contribution in [2.45, 2.75) is 6.54 Å². The van der Waals surface area contributed by atoms with Gasteiger partial charge in [-0.3, -0.25) is 4.79 Å². The van der Waals surface area contributed by atoms with Gasteiger partial charge in [0, 0.05) is 29.2 Å². The molecule has 0 spiro atoms. The summed E-state index contributed by atoms with van der Waals surface area (Å²) < 4.78 is 2.12. The van der Waals surface area contributed by atoms with Gasteiger partial charge in [0.25, 0.3) is 5.91 Å². The number of aromatic nitrogens is 1. The van der Waals surface area contributed by atoms with Crippen LogP contribution in [0.3, 0.4) is 0 Å². The SMILES string of the molecule is O=C(N/N=C/c1cn(Cc2ccc(Cl)c(Cl)c2)c2ccccc12)c1cccs1. The molecule has 2 aromatic carbocycles. The highest BCUT2D eigenvalue weighted by Gasteiger charge is 2.09. The molecule has 0 aliphatic rings. The van der Waals surface area contributed by atoms with E-state index in [0.717, 1.165) is 22.0 Å². The summed E-state index contributed by atoms with van der Waals surface area (Å²) in [5, 5.41) is 8.11. The fourth-order valence-electron chi connectivity index (χ4n) is 2.97. The van der Waals surface area contributed by atoms with Gasteiger partial charge >= 0.3 is 0 Å². The third kappa shape index (κ3) is 3.97. The van der Waals surface area contributed by atoms with Crippen LogP contribution in [-0.2, 0) is 6.54 Å². The zero-order valence-electron chi connectivity index (χ0n) is 14.6. The second-order valence-electron chi connectivity index (χ2n) is 6.15. The minimum absolute atomic E-state index is 0.217. The van der Waals surface area contributed by atoms with E-state index in [-0.39, 0.29) is 5.91 Å². The van der Waals surface area contributed by atoms with Crippen LogP contribution in [0.2, 0.25) is 10.0 Å². The standard InChI is InChI=1S/C21H15Cl2N3OS/c22-17-8-7-14(10-18(17)23)12-26-13-15(16-4-1-2-5-19(16)26)11-24-25-21(27)20-6-3-9-28-20/h1-11,13H,12H2,(H,25,27)/b24-11+. The fraction of sp³-hybridized carbons (Fsp3) is 0.0476. The first-order valence-corrected chi connectivity index (χ1v) is 10.1.